The number of fused-ring (bicyclic) bond motifs is 1. The van der Waals surface area contributed by atoms with Crippen molar-refractivity contribution in [3.63, 3.8) is 0 Å². The van der Waals surface area contributed by atoms with Crippen LogP contribution < -0.4 is 35.6 Å². The Bertz CT molecular complexity index is 2180. The number of sulfone groups is 1. The summed E-state index contributed by atoms with van der Waals surface area (Å²) in [6, 6.07) is 14.2. The smallest absolute Gasteiger partial charge is 0.407 e. The van der Waals surface area contributed by atoms with Gasteiger partial charge in [-0.25, -0.2) is 32.1 Å². The molecule has 1 aliphatic rings. The Kier molecular flexibility index (Phi) is 12.3. The molecule has 2 N–H and O–H groups in total. The molecule has 0 spiro atoms. The van der Waals surface area contributed by atoms with Gasteiger partial charge in [-0.15, -0.1) is 0 Å². The highest BCUT2D eigenvalue weighted by molar-refractivity contribution is 7.90. The second kappa shape index (κ2) is 16.8. The second-order valence-electron chi connectivity index (χ2n) is 12.5. The predicted molar refractivity (Wildman–Crippen MR) is 200 cm³/mol. The topological polar surface area (TPSA) is 182 Å². The summed E-state index contributed by atoms with van der Waals surface area (Å²) in [6.07, 6.45) is -0.000230. The summed E-state index contributed by atoms with van der Waals surface area (Å²) >= 11 is 0. The van der Waals surface area contributed by atoms with Crippen molar-refractivity contribution in [1.29, 1.82) is 0 Å². The van der Waals surface area contributed by atoms with E-state index in [1.54, 1.807) is 54.4 Å². The first-order valence-electron chi connectivity index (χ1n) is 16.9. The van der Waals surface area contributed by atoms with Gasteiger partial charge in [0, 0.05) is 31.1 Å². The van der Waals surface area contributed by atoms with E-state index in [-0.39, 0.29) is 49.9 Å². The van der Waals surface area contributed by atoms with Gasteiger partial charge in [0.2, 0.25) is 5.91 Å². The molecule has 1 saturated heterocycles. The molecule has 0 saturated carbocycles. The summed E-state index contributed by atoms with van der Waals surface area (Å²) in [5, 5.41) is 7.27. The van der Waals surface area contributed by atoms with Crippen molar-refractivity contribution >= 4 is 50.1 Å². The van der Waals surface area contributed by atoms with Crippen LogP contribution in [0.25, 0.3) is 10.9 Å². The van der Waals surface area contributed by atoms with Gasteiger partial charge >= 0.3 is 12.1 Å². The van der Waals surface area contributed by atoms with Gasteiger partial charge in [0.1, 0.15) is 33.2 Å². The number of ether oxygens (including phenoxy) is 3. The third kappa shape index (κ3) is 8.99. The molecular weight excluding hydrogens is 726 g/mol. The molecule has 18 heteroatoms. The summed E-state index contributed by atoms with van der Waals surface area (Å²) in [5.41, 5.74) is 0.596. The molecule has 2 heterocycles. The van der Waals surface area contributed by atoms with Crippen molar-refractivity contribution in [2.24, 2.45) is 0 Å². The number of methoxy groups -OCH3 is 3. The molecule has 54 heavy (non-hydrogen) atoms. The number of para-hydroxylation sites is 1. The van der Waals surface area contributed by atoms with Gasteiger partial charge in [0.15, 0.2) is 5.82 Å². The first-order chi connectivity index (χ1) is 25.7. The van der Waals surface area contributed by atoms with Crippen LogP contribution in [0.5, 0.6) is 11.5 Å². The first-order valence-corrected chi connectivity index (χ1v) is 19.0. The number of hydrogen-bond acceptors (Lipinski definition) is 11. The Balaban J connectivity index is 1.54. The number of urea groups is 1. The van der Waals surface area contributed by atoms with Crippen LogP contribution in [0, 0.1) is 5.82 Å². The van der Waals surface area contributed by atoms with Gasteiger partial charge in [0.25, 0.3) is 5.56 Å². The highest BCUT2D eigenvalue weighted by Crippen LogP contribution is 2.37. The van der Waals surface area contributed by atoms with Gasteiger partial charge in [-0.3, -0.25) is 14.5 Å². The van der Waals surface area contributed by atoms with Crippen LogP contribution in [-0.2, 0) is 19.4 Å². The predicted octanol–water partition coefficient (Wildman–Crippen LogP) is 3.29. The zero-order valence-electron chi connectivity index (χ0n) is 30.4. The summed E-state index contributed by atoms with van der Waals surface area (Å²) in [4.78, 5) is 62.0. The number of nitrogens with one attached hydrogen (secondary N) is 2. The van der Waals surface area contributed by atoms with E-state index in [0.29, 0.717) is 28.0 Å². The van der Waals surface area contributed by atoms with Crippen molar-refractivity contribution < 1.29 is 41.4 Å². The molecule has 0 radical (unpaired) electrons. The molecule has 2 atom stereocenters. The third-order valence-electron chi connectivity index (χ3n) is 8.90. The number of nitrogens with zero attached hydrogens (tertiary/aromatic N) is 5. The molecule has 16 nitrogen and oxygen atoms in total. The molecular formula is C36H42FN7O9S. The number of benzene rings is 3. The molecule has 288 valence electrons. The van der Waals surface area contributed by atoms with Crippen molar-refractivity contribution in [3.8, 4) is 11.5 Å². The molecule has 0 aliphatic carbocycles. The Morgan fingerprint density at radius 1 is 0.963 bits per heavy atom. The van der Waals surface area contributed by atoms with Crippen molar-refractivity contribution in [2.45, 2.75) is 25.4 Å². The third-order valence-corrected chi connectivity index (χ3v) is 9.88. The van der Waals surface area contributed by atoms with E-state index in [1.807, 2.05) is 0 Å². The number of amides is 4. The Hall–Kier alpha value is -5.91. The van der Waals surface area contributed by atoms with E-state index in [2.05, 4.69) is 15.4 Å². The van der Waals surface area contributed by atoms with Gasteiger partial charge in [-0.05, 0) is 61.9 Å². The van der Waals surface area contributed by atoms with Crippen LogP contribution in [-0.4, -0.2) is 107 Å². The van der Waals surface area contributed by atoms with E-state index in [0.717, 1.165) is 13.4 Å². The summed E-state index contributed by atoms with van der Waals surface area (Å²) in [6.45, 7) is 2.17. The summed E-state index contributed by atoms with van der Waals surface area (Å²) < 4.78 is 54.6. The van der Waals surface area contributed by atoms with Crippen molar-refractivity contribution in [3.05, 3.63) is 88.7 Å². The van der Waals surface area contributed by atoms with E-state index < -0.39 is 51.3 Å². The number of piperazine rings is 1. The molecule has 2 unspecified atom stereocenters. The zero-order valence-corrected chi connectivity index (χ0v) is 31.3. The van der Waals surface area contributed by atoms with E-state index >= 15 is 0 Å². The van der Waals surface area contributed by atoms with E-state index in [9.17, 15) is 32.0 Å². The van der Waals surface area contributed by atoms with E-state index in [1.165, 1.54) is 53.0 Å². The van der Waals surface area contributed by atoms with Crippen LogP contribution in [0.4, 0.5) is 25.4 Å². The maximum atomic E-state index is 14.4. The molecule has 3 aromatic carbocycles. The molecule has 0 bridgehead atoms. The lowest BCUT2D eigenvalue weighted by Gasteiger charge is -2.40. The van der Waals surface area contributed by atoms with Gasteiger partial charge < -0.3 is 34.8 Å². The quantitative estimate of drug-likeness (QED) is 0.216. The lowest BCUT2D eigenvalue weighted by molar-refractivity contribution is -0.133. The lowest BCUT2D eigenvalue weighted by Crippen LogP contribution is -2.59. The molecule has 1 aromatic heterocycles. The molecule has 1 fully saturated rings. The van der Waals surface area contributed by atoms with E-state index in [4.69, 9.17) is 14.5 Å². The van der Waals surface area contributed by atoms with Crippen LogP contribution in [0.15, 0.2) is 71.5 Å². The number of carbonyl (C=O) groups is 3. The highest BCUT2D eigenvalue weighted by atomic mass is 32.2. The minimum absolute atomic E-state index is 0.102. The number of aromatic nitrogens is 2. The van der Waals surface area contributed by atoms with Gasteiger partial charge in [-0.2, -0.15) is 0 Å². The minimum atomic E-state index is -3.45. The van der Waals surface area contributed by atoms with Crippen LogP contribution >= 0.6 is 0 Å². The second-order valence-corrected chi connectivity index (χ2v) is 14.8. The van der Waals surface area contributed by atoms with Gasteiger partial charge in [-0.1, -0.05) is 12.1 Å². The monoisotopic (exact) mass is 767 g/mol. The molecule has 1 aliphatic heterocycles. The largest absolute Gasteiger partial charge is 0.497 e. The average molecular weight is 768 g/mol. The fraction of sp³-hybridized carbons (Fsp3) is 0.361. The first kappa shape index (κ1) is 39.3. The SMILES string of the molecule is COC(=O)NC(CCS(C)(=O)=O)C(=O)N1CCN(n2c(C(C)N(C(=O)Nc3ccc(F)cc3)c3ccc(OC)cc3OC)nc3ccccc3c2=O)CC1. The fourth-order valence-electron chi connectivity index (χ4n) is 6.12. The number of alkyl carbamates (subject to hydrolysis) is 1. The average Bonchev–Trinajstić information content (AvgIpc) is 3.16. The molecule has 5 rings (SSSR count). The Morgan fingerprint density at radius 2 is 1.65 bits per heavy atom. The summed E-state index contributed by atoms with van der Waals surface area (Å²) in [5.74, 6) is -0.387. The minimum Gasteiger partial charge on any atom is -0.497 e. The number of carbonyl (C=O) groups excluding carboxylic acids is 3. The summed E-state index contributed by atoms with van der Waals surface area (Å²) in [7, 11) is 0.626. The Morgan fingerprint density at radius 3 is 2.28 bits per heavy atom. The normalized spacial score (nSPS) is 14.2. The van der Waals surface area contributed by atoms with Crippen molar-refractivity contribution in [1.82, 2.24) is 19.9 Å². The number of halogens is 1. The van der Waals surface area contributed by atoms with Crippen LogP contribution in [0.1, 0.15) is 25.2 Å². The number of anilines is 2. The zero-order chi connectivity index (χ0) is 39.2. The number of hydrogen-bond donors (Lipinski definition) is 2. The lowest BCUT2D eigenvalue weighted by atomic mass is 10.1. The van der Waals surface area contributed by atoms with Gasteiger partial charge in [0.05, 0.1) is 62.8 Å². The molecule has 4 aromatic rings. The highest BCUT2D eigenvalue weighted by Gasteiger charge is 2.34. The standard InChI is InChI=1S/C36H42FN7O9S/c1-23(43(30-15-14-26(51-2)22-31(30)52-3)35(47)38-25-12-10-24(37)11-13-25)32-39-28-9-7-6-8-27(28)33(45)44(32)42-19-17-41(18-20-42)34(46)29(40-36(48)53-4)16-21-54(5,49)50/h6-15,22-23,29H,16-21H2,1-5H3,(H,38,47)(H,40,48). The van der Waals surface area contributed by atoms with Crippen LogP contribution in [0.2, 0.25) is 0 Å². The number of rotatable bonds is 12. The maximum Gasteiger partial charge on any atom is 0.407 e. The Labute approximate surface area is 311 Å². The molecule has 4 amide bonds. The fourth-order valence-corrected chi connectivity index (χ4v) is 6.79. The van der Waals surface area contributed by atoms with Crippen LogP contribution in [0.3, 0.4) is 0 Å². The maximum absolute atomic E-state index is 14.4. The van der Waals surface area contributed by atoms with Crippen molar-refractivity contribution in [2.75, 3.05) is 74.7 Å².